The molecule has 0 aromatic carbocycles. The summed E-state index contributed by atoms with van der Waals surface area (Å²) >= 11 is 0. The van der Waals surface area contributed by atoms with E-state index in [0.717, 1.165) is 45.4 Å². The van der Waals surface area contributed by atoms with Crippen LogP contribution in [0.1, 0.15) is 30.7 Å². The summed E-state index contributed by atoms with van der Waals surface area (Å²) in [4.78, 5) is 13.1. The van der Waals surface area contributed by atoms with E-state index in [2.05, 4.69) is 19.8 Å². The summed E-state index contributed by atoms with van der Waals surface area (Å²) in [6.45, 7) is 4.46. The lowest BCUT2D eigenvalue weighted by Crippen LogP contribution is -2.52. The molecule has 0 spiro atoms. The summed E-state index contributed by atoms with van der Waals surface area (Å²) in [5, 5.41) is 18.8. The minimum Gasteiger partial charge on any atom is -0.391 e. The smallest absolute Gasteiger partial charge is 0.145 e. The summed E-state index contributed by atoms with van der Waals surface area (Å²) < 4.78 is 0. The van der Waals surface area contributed by atoms with Gasteiger partial charge < -0.3 is 10.8 Å². The highest BCUT2D eigenvalue weighted by Gasteiger charge is 2.32. The highest BCUT2D eigenvalue weighted by atomic mass is 16.3. The van der Waals surface area contributed by atoms with Crippen LogP contribution in [0.25, 0.3) is 0 Å². The molecule has 0 radical (unpaired) electrons. The number of hydrogen-bond acceptors (Lipinski definition) is 7. The van der Waals surface area contributed by atoms with Crippen molar-refractivity contribution in [3.63, 3.8) is 0 Å². The van der Waals surface area contributed by atoms with Gasteiger partial charge in [-0.05, 0) is 19.3 Å². The van der Waals surface area contributed by atoms with Gasteiger partial charge in [0.25, 0.3) is 0 Å². The molecule has 1 aromatic rings. The van der Waals surface area contributed by atoms with E-state index in [1.54, 1.807) is 0 Å². The molecule has 2 atom stereocenters. The fourth-order valence-electron chi connectivity index (χ4n) is 3.40. The molecule has 1 aliphatic heterocycles. The first-order valence-electron chi connectivity index (χ1n) is 7.83. The van der Waals surface area contributed by atoms with Crippen LogP contribution < -0.4 is 5.73 Å². The van der Waals surface area contributed by atoms with Crippen LogP contribution in [0, 0.1) is 11.3 Å². The highest BCUT2D eigenvalue weighted by Crippen LogP contribution is 2.25. The second kappa shape index (κ2) is 6.57. The first kappa shape index (κ1) is 15.2. The molecule has 2 unspecified atom stereocenters. The quantitative estimate of drug-likeness (QED) is 0.807. The second-order valence-corrected chi connectivity index (χ2v) is 6.07. The molecule has 2 fully saturated rings. The second-order valence-electron chi connectivity index (χ2n) is 6.07. The first-order chi connectivity index (χ1) is 10.7. The van der Waals surface area contributed by atoms with Crippen LogP contribution in [0.2, 0.25) is 0 Å². The zero-order valence-corrected chi connectivity index (χ0v) is 12.6. The van der Waals surface area contributed by atoms with Crippen molar-refractivity contribution in [3.8, 4) is 6.07 Å². The van der Waals surface area contributed by atoms with Crippen molar-refractivity contribution in [1.82, 2.24) is 19.8 Å². The number of rotatable bonds is 3. The Kier molecular flexibility index (Phi) is 4.52. The summed E-state index contributed by atoms with van der Waals surface area (Å²) in [7, 11) is 0. The van der Waals surface area contributed by atoms with Gasteiger partial charge in [-0.1, -0.05) is 0 Å². The van der Waals surface area contributed by atoms with Crippen molar-refractivity contribution >= 4 is 5.82 Å². The van der Waals surface area contributed by atoms with Crippen LogP contribution in [-0.4, -0.2) is 63.2 Å². The molecule has 118 valence electrons. The Morgan fingerprint density at radius 3 is 2.68 bits per heavy atom. The molecule has 2 aliphatic rings. The maximum absolute atomic E-state index is 10.0. The molecule has 2 heterocycles. The van der Waals surface area contributed by atoms with Gasteiger partial charge in [0, 0.05) is 32.2 Å². The van der Waals surface area contributed by atoms with E-state index in [1.165, 1.54) is 6.20 Å². The maximum atomic E-state index is 10.0. The molecule has 1 saturated heterocycles. The highest BCUT2D eigenvalue weighted by molar-refractivity contribution is 5.46. The number of piperazine rings is 1. The van der Waals surface area contributed by atoms with E-state index in [1.807, 2.05) is 6.07 Å². The van der Waals surface area contributed by atoms with Gasteiger partial charge in [0.2, 0.25) is 0 Å². The first-order valence-corrected chi connectivity index (χ1v) is 7.83. The van der Waals surface area contributed by atoms with E-state index in [4.69, 9.17) is 11.0 Å². The molecule has 1 aromatic heterocycles. The molecule has 3 rings (SSSR count). The maximum Gasteiger partial charge on any atom is 0.145 e. The van der Waals surface area contributed by atoms with Crippen molar-refractivity contribution < 1.29 is 5.11 Å². The summed E-state index contributed by atoms with van der Waals surface area (Å²) in [5.41, 5.74) is 6.05. The number of hydrogen-bond donors (Lipinski definition) is 2. The summed E-state index contributed by atoms with van der Waals surface area (Å²) in [5.74, 6) is 0.908. The number of aliphatic hydroxyl groups excluding tert-OH is 1. The van der Waals surface area contributed by atoms with Crippen molar-refractivity contribution in [1.29, 1.82) is 5.26 Å². The predicted octanol–water partition coefficient (Wildman–Crippen LogP) is -0.0385. The number of aliphatic hydroxyl groups is 1. The number of nitriles is 1. The Labute approximate surface area is 130 Å². The van der Waals surface area contributed by atoms with Gasteiger partial charge in [0.05, 0.1) is 18.8 Å². The predicted molar refractivity (Wildman–Crippen MR) is 81.7 cm³/mol. The lowest BCUT2D eigenvalue weighted by atomic mass is 10.1. The Bertz CT molecular complexity index is 564. The monoisotopic (exact) mass is 302 g/mol. The van der Waals surface area contributed by atoms with Gasteiger partial charge in [0.15, 0.2) is 0 Å². The minimum atomic E-state index is -0.159. The molecule has 1 saturated carbocycles. The summed E-state index contributed by atoms with van der Waals surface area (Å²) in [6.07, 6.45) is 4.50. The standard InChI is InChI=1S/C15H22N6O/c16-8-11-9-18-14(19-15(11)17)10-20-4-6-21(7-5-20)12-2-1-3-13(12)22/h9,12-13,22H,1-7,10H2,(H2,17,18,19). The van der Waals surface area contributed by atoms with Gasteiger partial charge in [-0.15, -0.1) is 0 Å². The number of anilines is 1. The van der Waals surface area contributed by atoms with E-state index < -0.39 is 0 Å². The van der Waals surface area contributed by atoms with Gasteiger partial charge in [-0.3, -0.25) is 9.80 Å². The average molecular weight is 302 g/mol. The van der Waals surface area contributed by atoms with E-state index in [-0.39, 0.29) is 11.9 Å². The Balaban J connectivity index is 1.54. The van der Waals surface area contributed by atoms with Crippen LogP contribution in [0.4, 0.5) is 5.82 Å². The molecule has 22 heavy (non-hydrogen) atoms. The number of nitrogens with two attached hydrogens (primary N) is 1. The Morgan fingerprint density at radius 1 is 1.32 bits per heavy atom. The van der Waals surface area contributed by atoms with Crippen molar-refractivity contribution in [2.45, 2.75) is 38.0 Å². The van der Waals surface area contributed by atoms with Crippen molar-refractivity contribution in [2.75, 3.05) is 31.9 Å². The third kappa shape index (κ3) is 3.19. The largest absolute Gasteiger partial charge is 0.391 e. The molecule has 7 heteroatoms. The molecule has 7 nitrogen and oxygen atoms in total. The number of nitrogens with zero attached hydrogens (tertiary/aromatic N) is 5. The Morgan fingerprint density at radius 2 is 2.09 bits per heavy atom. The molecular formula is C15H22N6O. The average Bonchev–Trinajstić information content (AvgIpc) is 2.94. The molecule has 3 N–H and O–H groups in total. The third-order valence-electron chi connectivity index (χ3n) is 4.67. The molecule has 1 aliphatic carbocycles. The van der Waals surface area contributed by atoms with E-state index >= 15 is 0 Å². The minimum absolute atomic E-state index is 0.159. The zero-order chi connectivity index (χ0) is 15.5. The zero-order valence-electron chi connectivity index (χ0n) is 12.6. The van der Waals surface area contributed by atoms with Crippen LogP contribution in [-0.2, 0) is 6.54 Å². The lowest BCUT2D eigenvalue weighted by molar-refractivity contribution is 0.0330. The lowest BCUT2D eigenvalue weighted by Gasteiger charge is -2.38. The van der Waals surface area contributed by atoms with Crippen LogP contribution in [0.5, 0.6) is 0 Å². The van der Waals surface area contributed by atoms with Gasteiger partial charge in [-0.2, -0.15) is 5.26 Å². The van der Waals surface area contributed by atoms with Crippen LogP contribution in [0.15, 0.2) is 6.20 Å². The van der Waals surface area contributed by atoms with Crippen molar-refractivity contribution in [2.24, 2.45) is 0 Å². The van der Waals surface area contributed by atoms with Crippen LogP contribution >= 0.6 is 0 Å². The molecule has 0 amide bonds. The fraction of sp³-hybridized carbons (Fsp3) is 0.667. The molecule has 0 bridgehead atoms. The van der Waals surface area contributed by atoms with Gasteiger partial charge in [-0.25, -0.2) is 9.97 Å². The van der Waals surface area contributed by atoms with E-state index in [0.29, 0.717) is 24.0 Å². The van der Waals surface area contributed by atoms with Gasteiger partial charge in [0.1, 0.15) is 23.3 Å². The van der Waals surface area contributed by atoms with Crippen LogP contribution in [0.3, 0.4) is 0 Å². The molecular weight excluding hydrogens is 280 g/mol. The summed E-state index contributed by atoms with van der Waals surface area (Å²) in [6, 6.07) is 2.31. The van der Waals surface area contributed by atoms with Crippen molar-refractivity contribution in [3.05, 3.63) is 17.6 Å². The number of aromatic nitrogens is 2. The number of nitrogen functional groups attached to an aromatic ring is 1. The van der Waals surface area contributed by atoms with Gasteiger partial charge >= 0.3 is 0 Å². The fourth-order valence-corrected chi connectivity index (χ4v) is 3.40. The topological polar surface area (TPSA) is 102 Å². The van der Waals surface area contributed by atoms with E-state index in [9.17, 15) is 5.11 Å². The SMILES string of the molecule is N#Cc1cnc(CN2CCN(C3CCCC3O)CC2)nc1N. The Hall–Kier alpha value is -1.75. The normalized spacial score (nSPS) is 26.9. The third-order valence-corrected chi connectivity index (χ3v) is 4.67.